The summed E-state index contributed by atoms with van der Waals surface area (Å²) in [6.45, 7) is 3.83. The van der Waals surface area contributed by atoms with Gasteiger partial charge in [0.25, 0.3) is 0 Å². The van der Waals surface area contributed by atoms with Crippen LogP contribution >= 0.6 is 0 Å². The van der Waals surface area contributed by atoms with Gasteiger partial charge < -0.3 is 20.8 Å². The molecule has 1 heterocycles. The van der Waals surface area contributed by atoms with Crippen LogP contribution in [0.2, 0.25) is 0 Å². The summed E-state index contributed by atoms with van der Waals surface area (Å²) in [6, 6.07) is -1.65. The van der Waals surface area contributed by atoms with Crippen molar-refractivity contribution in [2.45, 2.75) is 44.9 Å². The molecule has 6 heteroatoms. The number of nitrogens with zero attached hydrogens (tertiary/aromatic N) is 1. The number of carboxylic acids is 1. The van der Waals surface area contributed by atoms with Crippen LogP contribution in [-0.4, -0.2) is 51.7 Å². The first-order valence-corrected chi connectivity index (χ1v) is 5.85. The van der Waals surface area contributed by atoms with E-state index >= 15 is 0 Å². The Morgan fingerprint density at radius 1 is 1.53 bits per heavy atom. The van der Waals surface area contributed by atoms with Crippen molar-refractivity contribution in [1.82, 2.24) is 4.90 Å². The zero-order valence-corrected chi connectivity index (χ0v) is 10.2. The monoisotopic (exact) mass is 244 g/mol. The number of nitrogens with two attached hydrogens (primary N) is 1. The van der Waals surface area contributed by atoms with E-state index in [4.69, 9.17) is 10.8 Å². The van der Waals surface area contributed by atoms with Crippen molar-refractivity contribution >= 4 is 11.9 Å². The summed E-state index contributed by atoms with van der Waals surface area (Å²) < 4.78 is 0. The van der Waals surface area contributed by atoms with Gasteiger partial charge in [-0.05, 0) is 5.92 Å². The lowest BCUT2D eigenvalue weighted by Crippen LogP contribution is -2.50. The van der Waals surface area contributed by atoms with Crippen molar-refractivity contribution in [3.8, 4) is 0 Å². The van der Waals surface area contributed by atoms with E-state index in [1.54, 1.807) is 0 Å². The highest BCUT2D eigenvalue weighted by Gasteiger charge is 2.41. The molecule has 1 amide bonds. The fourth-order valence-corrected chi connectivity index (χ4v) is 1.98. The van der Waals surface area contributed by atoms with Crippen molar-refractivity contribution in [3.63, 3.8) is 0 Å². The van der Waals surface area contributed by atoms with Crippen LogP contribution in [0.15, 0.2) is 0 Å². The second-order valence-corrected chi connectivity index (χ2v) is 4.65. The zero-order valence-electron chi connectivity index (χ0n) is 10.2. The Morgan fingerprint density at radius 3 is 2.59 bits per heavy atom. The Hall–Kier alpha value is -1.14. The normalized spacial score (nSPS) is 27.9. The van der Waals surface area contributed by atoms with E-state index in [2.05, 4.69) is 0 Å². The number of carbonyl (C=O) groups excluding carboxylic acids is 1. The van der Waals surface area contributed by atoms with Crippen molar-refractivity contribution in [3.05, 3.63) is 0 Å². The number of carbonyl (C=O) groups is 2. The fourth-order valence-electron chi connectivity index (χ4n) is 1.98. The first-order chi connectivity index (χ1) is 7.88. The average molecular weight is 244 g/mol. The molecule has 17 heavy (non-hydrogen) atoms. The van der Waals surface area contributed by atoms with Crippen molar-refractivity contribution < 1.29 is 19.8 Å². The third-order valence-electron chi connectivity index (χ3n) is 3.39. The smallest absolute Gasteiger partial charge is 0.326 e. The molecule has 1 aliphatic heterocycles. The molecule has 0 bridgehead atoms. The van der Waals surface area contributed by atoms with Gasteiger partial charge in [-0.15, -0.1) is 0 Å². The topological polar surface area (TPSA) is 104 Å². The molecule has 1 fully saturated rings. The van der Waals surface area contributed by atoms with Crippen molar-refractivity contribution in [2.75, 3.05) is 6.54 Å². The third kappa shape index (κ3) is 2.95. The Morgan fingerprint density at radius 2 is 2.12 bits per heavy atom. The van der Waals surface area contributed by atoms with Gasteiger partial charge >= 0.3 is 5.97 Å². The second kappa shape index (κ2) is 5.46. The van der Waals surface area contributed by atoms with Crippen LogP contribution in [0, 0.1) is 5.92 Å². The number of hydrogen-bond donors (Lipinski definition) is 3. The lowest BCUT2D eigenvalue weighted by molar-refractivity contribution is -0.149. The van der Waals surface area contributed by atoms with Gasteiger partial charge in [-0.3, -0.25) is 4.79 Å². The number of likely N-dealkylation sites (tertiary alicyclic amines) is 1. The molecular formula is C11H20N2O4. The van der Waals surface area contributed by atoms with E-state index in [1.807, 2.05) is 13.8 Å². The maximum Gasteiger partial charge on any atom is 0.326 e. The van der Waals surface area contributed by atoms with Gasteiger partial charge in [0.15, 0.2) is 0 Å². The fraction of sp³-hybridized carbons (Fsp3) is 0.818. The summed E-state index contributed by atoms with van der Waals surface area (Å²) in [7, 11) is 0. The first kappa shape index (κ1) is 13.9. The van der Waals surface area contributed by atoms with Gasteiger partial charge in [-0.25, -0.2) is 4.79 Å². The van der Waals surface area contributed by atoms with Crippen LogP contribution < -0.4 is 5.73 Å². The predicted molar refractivity (Wildman–Crippen MR) is 61.2 cm³/mol. The van der Waals surface area contributed by atoms with Crippen LogP contribution in [-0.2, 0) is 9.59 Å². The Kier molecular flexibility index (Phi) is 4.47. The van der Waals surface area contributed by atoms with Crippen LogP contribution in [0.3, 0.4) is 0 Å². The molecule has 1 unspecified atom stereocenters. The van der Waals surface area contributed by atoms with E-state index in [1.165, 1.54) is 4.90 Å². The number of rotatable bonds is 4. The molecular weight excluding hydrogens is 224 g/mol. The zero-order chi connectivity index (χ0) is 13.2. The Bertz CT molecular complexity index is 308. The average Bonchev–Trinajstić information content (AvgIpc) is 2.68. The van der Waals surface area contributed by atoms with Crippen LogP contribution in [0.1, 0.15) is 26.7 Å². The van der Waals surface area contributed by atoms with Crippen molar-refractivity contribution in [1.29, 1.82) is 0 Å². The quantitative estimate of drug-likeness (QED) is 0.613. The molecule has 0 spiro atoms. The lowest BCUT2D eigenvalue weighted by Gasteiger charge is -2.27. The van der Waals surface area contributed by atoms with E-state index in [0.717, 1.165) is 6.42 Å². The van der Waals surface area contributed by atoms with Gasteiger partial charge in [-0.1, -0.05) is 20.3 Å². The number of aliphatic hydroxyl groups excluding tert-OH is 1. The molecule has 0 aliphatic carbocycles. The summed E-state index contributed by atoms with van der Waals surface area (Å²) in [5.74, 6) is -1.48. The van der Waals surface area contributed by atoms with Gasteiger partial charge in [-0.2, -0.15) is 0 Å². The van der Waals surface area contributed by atoms with E-state index < -0.39 is 24.2 Å². The molecule has 1 saturated heterocycles. The minimum absolute atomic E-state index is 0.00492. The van der Waals surface area contributed by atoms with Crippen LogP contribution in [0.4, 0.5) is 0 Å². The second-order valence-electron chi connectivity index (χ2n) is 4.65. The predicted octanol–water partition coefficient (Wildman–Crippen LogP) is -0.594. The summed E-state index contributed by atoms with van der Waals surface area (Å²) in [4.78, 5) is 24.2. The maximum atomic E-state index is 12.0. The largest absolute Gasteiger partial charge is 0.480 e. The number of hydrogen-bond acceptors (Lipinski definition) is 4. The summed E-state index contributed by atoms with van der Waals surface area (Å²) in [5.41, 5.74) is 5.79. The minimum Gasteiger partial charge on any atom is -0.480 e. The maximum absolute atomic E-state index is 12.0. The molecule has 0 aromatic carbocycles. The molecule has 0 aromatic heterocycles. The molecule has 0 aromatic rings. The van der Waals surface area contributed by atoms with E-state index in [-0.39, 0.29) is 24.8 Å². The molecule has 6 nitrogen and oxygen atoms in total. The number of carboxylic acid groups (broad SMARTS) is 1. The highest BCUT2D eigenvalue weighted by atomic mass is 16.4. The third-order valence-corrected chi connectivity index (χ3v) is 3.39. The lowest BCUT2D eigenvalue weighted by atomic mass is 9.98. The molecule has 1 rings (SSSR count). The van der Waals surface area contributed by atoms with Crippen LogP contribution in [0.5, 0.6) is 0 Å². The Labute approximate surface area is 100 Å². The summed E-state index contributed by atoms with van der Waals surface area (Å²) in [6.07, 6.45) is 0.0548. The molecule has 98 valence electrons. The summed E-state index contributed by atoms with van der Waals surface area (Å²) >= 11 is 0. The molecule has 1 aliphatic rings. The van der Waals surface area contributed by atoms with Gasteiger partial charge in [0, 0.05) is 13.0 Å². The SMILES string of the molecule is CCC(C)[C@H](N)C(=O)N1C[C@H](O)C[C@@H]1C(=O)O. The highest BCUT2D eigenvalue weighted by Crippen LogP contribution is 2.20. The minimum atomic E-state index is -1.09. The molecule has 4 N–H and O–H groups in total. The van der Waals surface area contributed by atoms with Crippen molar-refractivity contribution in [2.24, 2.45) is 11.7 Å². The van der Waals surface area contributed by atoms with E-state index in [9.17, 15) is 14.7 Å². The van der Waals surface area contributed by atoms with E-state index in [0.29, 0.717) is 0 Å². The molecule has 4 atom stereocenters. The number of β-amino-alcohol motifs (C(OH)–C–C–N with tert-alkyl or cyclic N) is 1. The number of aliphatic carboxylic acids is 1. The highest BCUT2D eigenvalue weighted by molar-refractivity contribution is 5.87. The first-order valence-electron chi connectivity index (χ1n) is 5.85. The standard InChI is InChI=1S/C11H20N2O4/c1-3-6(2)9(12)10(15)13-5-7(14)4-8(13)11(16)17/h6-9,14H,3-5,12H2,1-2H3,(H,16,17)/t6?,7-,8-,9+/m1/s1. The molecule has 0 saturated carbocycles. The van der Waals surface area contributed by atoms with Crippen LogP contribution in [0.25, 0.3) is 0 Å². The number of aliphatic hydroxyl groups is 1. The Balaban J connectivity index is 2.77. The van der Waals surface area contributed by atoms with Gasteiger partial charge in [0.05, 0.1) is 12.1 Å². The summed E-state index contributed by atoms with van der Waals surface area (Å²) in [5, 5.41) is 18.4. The number of amides is 1. The molecule has 0 radical (unpaired) electrons. The van der Waals surface area contributed by atoms with Gasteiger partial charge in [0.1, 0.15) is 6.04 Å². The van der Waals surface area contributed by atoms with Gasteiger partial charge in [0.2, 0.25) is 5.91 Å².